The van der Waals surface area contributed by atoms with Crippen LogP contribution in [0.4, 0.5) is 0 Å². The maximum Gasteiger partial charge on any atom is 0.219 e. The standard InChI is InChI=1S/C12H24N2O2/c1-4-12(15)13-11(10(2)3)9-14-5-7-16-8-6-14/h10-11H,4-9H2,1-3H3,(H,13,15)/t11-/m0/s1. The molecular weight excluding hydrogens is 204 g/mol. The Morgan fingerprint density at radius 1 is 1.38 bits per heavy atom. The van der Waals surface area contributed by atoms with Crippen LogP contribution in [0, 0.1) is 5.92 Å². The lowest BCUT2D eigenvalue weighted by Crippen LogP contribution is -2.49. The van der Waals surface area contributed by atoms with Crippen LogP contribution in [-0.4, -0.2) is 49.7 Å². The average molecular weight is 228 g/mol. The largest absolute Gasteiger partial charge is 0.379 e. The molecule has 1 saturated heterocycles. The Hall–Kier alpha value is -0.610. The topological polar surface area (TPSA) is 41.6 Å². The van der Waals surface area contributed by atoms with E-state index in [-0.39, 0.29) is 11.9 Å². The van der Waals surface area contributed by atoms with Crippen LogP contribution in [-0.2, 0) is 9.53 Å². The highest BCUT2D eigenvalue weighted by Crippen LogP contribution is 2.06. The van der Waals surface area contributed by atoms with Crippen LogP contribution in [0.1, 0.15) is 27.2 Å². The molecular formula is C12H24N2O2. The van der Waals surface area contributed by atoms with E-state index in [2.05, 4.69) is 24.1 Å². The second-order valence-electron chi connectivity index (χ2n) is 4.68. The van der Waals surface area contributed by atoms with E-state index in [0.29, 0.717) is 12.3 Å². The van der Waals surface area contributed by atoms with Crippen LogP contribution in [0.2, 0.25) is 0 Å². The molecule has 4 heteroatoms. The van der Waals surface area contributed by atoms with E-state index >= 15 is 0 Å². The fraction of sp³-hybridized carbons (Fsp3) is 0.917. The number of amides is 1. The minimum Gasteiger partial charge on any atom is -0.379 e. The van der Waals surface area contributed by atoms with Crippen molar-refractivity contribution in [3.05, 3.63) is 0 Å². The van der Waals surface area contributed by atoms with E-state index in [9.17, 15) is 4.79 Å². The van der Waals surface area contributed by atoms with Gasteiger partial charge in [-0.25, -0.2) is 0 Å². The number of carbonyl (C=O) groups excluding carboxylic acids is 1. The molecule has 0 aromatic rings. The molecule has 1 heterocycles. The van der Waals surface area contributed by atoms with Gasteiger partial charge >= 0.3 is 0 Å². The van der Waals surface area contributed by atoms with Gasteiger partial charge in [0.1, 0.15) is 0 Å². The number of carbonyl (C=O) groups is 1. The lowest BCUT2D eigenvalue weighted by atomic mass is 10.0. The van der Waals surface area contributed by atoms with Crippen molar-refractivity contribution >= 4 is 5.91 Å². The van der Waals surface area contributed by atoms with Crippen molar-refractivity contribution in [2.24, 2.45) is 5.92 Å². The summed E-state index contributed by atoms with van der Waals surface area (Å²) in [4.78, 5) is 13.8. The molecule has 1 atom stereocenters. The van der Waals surface area contributed by atoms with Crippen molar-refractivity contribution in [3.63, 3.8) is 0 Å². The molecule has 1 aliphatic heterocycles. The fourth-order valence-electron chi connectivity index (χ4n) is 1.79. The summed E-state index contributed by atoms with van der Waals surface area (Å²) < 4.78 is 5.32. The quantitative estimate of drug-likeness (QED) is 0.759. The molecule has 16 heavy (non-hydrogen) atoms. The smallest absolute Gasteiger partial charge is 0.219 e. The maximum absolute atomic E-state index is 11.4. The Labute approximate surface area is 98.3 Å². The van der Waals surface area contributed by atoms with E-state index < -0.39 is 0 Å². The minimum atomic E-state index is 0.145. The third-order valence-electron chi connectivity index (χ3n) is 3.03. The molecule has 1 aliphatic rings. The van der Waals surface area contributed by atoms with Crippen molar-refractivity contribution in [3.8, 4) is 0 Å². The van der Waals surface area contributed by atoms with E-state index in [0.717, 1.165) is 32.8 Å². The molecule has 94 valence electrons. The first-order valence-corrected chi connectivity index (χ1v) is 6.23. The Morgan fingerprint density at radius 3 is 2.50 bits per heavy atom. The van der Waals surface area contributed by atoms with E-state index in [1.54, 1.807) is 0 Å². The van der Waals surface area contributed by atoms with E-state index in [1.807, 2.05) is 6.92 Å². The Kier molecular flexibility index (Phi) is 5.77. The lowest BCUT2D eigenvalue weighted by molar-refractivity contribution is -0.122. The fourth-order valence-corrected chi connectivity index (χ4v) is 1.79. The highest BCUT2D eigenvalue weighted by Gasteiger charge is 2.20. The van der Waals surface area contributed by atoms with Crippen LogP contribution < -0.4 is 5.32 Å². The molecule has 0 bridgehead atoms. The van der Waals surface area contributed by atoms with Crippen molar-refractivity contribution in [2.75, 3.05) is 32.8 Å². The van der Waals surface area contributed by atoms with Crippen LogP contribution in [0.25, 0.3) is 0 Å². The van der Waals surface area contributed by atoms with Gasteiger partial charge in [-0.3, -0.25) is 9.69 Å². The number of hydrogen-bond acceptors (Lipinski definition) is 3. The summed E-state index contributed by atoms with van der Waals surface area (Å²) in [6.07, 6.45) is 0.562. The van der Waals surface area contributed by atoms with Crippen LogP contribution in [0.15, 0.2) is 0 Å². The SMILES string of the molecule is CCC(=O)N[C@@H](CN1CCOCC1)C(C)C. The molecule has 0 aliphatic carbocycles. The number of nitrogens with zero attached hydrogens (tertiary/aromatic N) is 1. The average Bonchev–Trinajstić information content (AvgIpc) is 2.29. The number of hydrogen-bond donors (Lipinski definition) is 1. The van der Waals surface area contributed by atoms with Gasteiger partial charge in [0.25, 0.3) is 0 Å². The predicted molar refractivity (Wildman–Crippen MR) is 64.3 cm³/mol. The number of nitrogens with one attached hydrogen (secondary N) is 1. The summed E-state index contributed by atoms with van der Waals surface area (Å²) >= 11 is 0. The summed E-state index contributed by atoms with van der Waals surface area (Å²) in [7, 11) is 0. The van der Waals surface area contributed by atoms with Crippen molar-refractivity contribution < 1.29 is 9.53 Å². The molecule has 0 spiro atoms. The van der Waals surface area contributed by atoms with Gasteiger partial charge < -0.3 is 10.1 Å². The Morgan fingerprint density at radius 2 is 2.00 bits per heavy atom. The molecule has 1 amide bonds. The van der Waals surface area contributed by atoms with Crippen molar-refractivity contribution in [1.29, 1.82) is 0 Å². The second kappa shape index (κ2) is 6.86. The highest BCUT2D eigenvalue weighted by molar-refractivity contribution is 5.75. The first-order valence-electron chi connectivity index (χ1n) is 6.23. The van der Waals surface area contributed by atoms with Crippen LogP contribution in [0.5, 0.6) is 0 Å². The molecule has 4 nitrogen and oxygen atoms in total. The van der Waals surface area contributed by atoms with Gasteiger partial charge in [0.2, 0.25) is 5.91 Å². The minimum absolute atomic E-state index is 0.145. The zero-order chi connectivity index (χ0) is 12.0. The summed E-state index contributed by atoms with van der Waals surface area (Å²) in [5.41, 5.74) is 0. The molecule has 0 aromatic carbocycles. The van der Waals surface area contributed by atoms with Gasteiger partial charge in [-0.05, 0) is 5.92 Å². The molecule has 0 radical (unpaired) electrons. The number of rotatable bonds is 5. The Balaban J connectivity index is 2.40. The van der Waals surface area contributed by atoms with Gasteiger partial charge in [-0.2, -0.15) is 0 Å². The molecule has 0 saturated carbocycles. The highest BCUT2D eigenvalue weighted by atomic mass is 16.5. The molecule has 1 N–H and O–H groups in total. The zero-order valence-corrected chi connectivity index (χ0v) is 10.7. The normalized spacial score (nSPS) is 19.8. The molecule has 1 rings (SSSR count). The van der Waals surface area contributed by atoms with Crippen molar-refractivity contribution in [1.82, 2.24) is 10.2 Å². The summed E-state index contributed by atoms with van der Waals surface area (Å²) in [5, 5.41) is 3.09. The Bertz CT molecular complexity index is 213. The van der Waals surface area contributed by atoms with Crippen molar-refractivity contribution in [2.45, 2.75) is 33.2 Å². The lowest BCUT2D eigenvalue weighted by Gasteiger charge is -2.32. The van der Waals surface area contributed by atoms with E-state index in [4.69, 9.17) is 4.74 Å². The monoisotopic (exact) mass is 228 g/mol. The molecule has 0 unspecified atom stereocenters. The summed E-state index contributed by atoms with van der Waals surface area (Å²) in [6.45, 7) is 10.7. The third kappa shape index (κ3) is 4.49. The number of morpholine rings is 1. The zero-order valence-electron chi connectivity index (χ0n) is 10.7. The van der Waals surface area contributed by atoms with Crippen LogP contribution >= 0.6 is 0 Å². The molecule has 0 aromatic heterocycles. The van der Waals surface area contributed by atoms with Crippen LogP contribution in [0.3, 0.4) is 0 Å². The summed E-state index contributed by atoms with van der Waals surface area (Å²) in [6, 6.07) is 0.255. The van der Waals surface area contributed by atoms with E-state index in [1.165, 1.54) is 0 Å². The third-order valence-corrected chi connectivity index (χ3v) is 3.03. The van der Waals surface area contributed by atoms with Gasteiger partial charge in [0.05, 0.1) is 13.2 Å². The first-order chi connectivity index (χ1) is 7.63. The predicted octanol–water partition coefficient (Wildman–Crippen LogP) is 0.869. The first kappa shape index (κ1) is 13.5. The van der Waals surface area contributed by atoms with Gasteiger partial charge in [0.15, 0.2) is 0 Å². The second-order valence-corrected chi connectivity index (χ2v) is 4.68. The van der Waals surface area contributed by atoms with Gasteiger partial charge in [-0.1, -0.05) is 20.8 Å². The number of ether oxygens (including phenoxy) is 1. The van der Waals surface area contributed by atoms with Gasteiger partial charge in [-0.15, -0.1) is 0 Å². The maximum atomic E-state index is 11.4. The summed E-state index contributed by atoms with van der Waals surface area (Å²) in [5.74, 6) is 0.616. The molecule has 1 fully saturated rings. The van der Waals surface area contributed by atoms with Gasteiger partial charge in [0, 0.05) is 32.1 Å².